The van der Waals surface area contributed by atoms with Gasteiger partial charge in [0.25, 0.3) is 5.91 Å². The second-order valence-electron chi connectivity index (χ2n) is 5.59. The standard InChI is InChI=1S/C17H20N2O4/c1-10(6-16(20)21)9-18-17(22)14-7-12-4-5-13(23-3)8-15(12)19-11(14)2/h4-5,7-8,10H,6,9H2,1-3H3,(H,18,22)(H,20,21). The SMILES string of the molecule is COc1ccc2cc(C(=O)NCC(C)CC(=O)O)c(C)nc2c1. The number of nitrogens with zero attached hydrogens (tertiary/aromatic N) is 1. The highest BCUT2D eigenvalue weighted by Crippen LogP contribution is 2.21. The molecular formula is C17H20N2O4. The first-order chi connectivity index (χ1) is 10.9. The van der Waals surface area contributed by atoms with Crippen LogP contribution in [0.25, 0.3) is 10.9 Å². The lowest BCUT2D eigenvalue weighted by atomic mass is 10.1. The minimum absolute atomic E-state index is 0.0228. The van der Waals surface area contributed by atoms with E-state index in [1.54, 1.807) is 27.0 Å². The van der Waals surface area contributed by atoms with Gasteiger partial charge in [-0.15, -0.1) is 0 Å². The number of carboxylic acids is 1. The molecule has 0 saturated heterocycles. The summed E-state index contributed by atoms with van der Waals surface area (Å²) in [6.07, 6.45) is 0.0228. The summed E-state index contributed by atoms with van der Waals surface area (Å²) in [5.41, 5.74) is 1.87. The molecule has 0 bridgehead atoms. The molecule has 23 heavy (non-hydrogen) atoms. The summed E-state index contributed by atoms with van der Waals surface area (Å²) in [7, 11) is 1.59. The lowest BCUT2D eigenvalue weighted by Crippen LogP contribution is -2.29. The lowest BCUT2D eigenvalue weighted by Gasteiger charge is -2.12. The number of amides is 1. The van der Waals surface area contributed by atoms with Gasteiger partial charge >= 0.3 is 5.97 Å². The number of aryl methyl sites for hydroxylation is 1. The Bertz CT molecular complexity index is 743. The maximum absolute atomic E-state index is 12.3. The van der Waals surface area contributed by atoms with E-state index in [9.17, 15) is 9.59 Å². The Labute approximate surface area is 134 Å². The first-order valence-corrected chi connectivity index (χ1v) is 7.36. The topological polar surface area (TPSA) is 88.5 Å². The first-order valence-electron chi connectivity index (χ1n) is 7.36. The van der Waals surface area contributed by atoms with Gasteiger partial charge in [0.2, 0.25) is 0 Å². The number of hydrogen-bond donors (Lipinski definition) is 2. The van der Waals surface area contributed by atoms with Crippen molar-refractivity contribution in [1.29, 1.82) is 0 Å². The largest absolute Gasteiger partial charge is 0.497 e. The second kappa shape index (κ2) is 7.09. The molecule has 0 aliphatic carbocycles. The van der Waals surface area contributed by atoms with Gasteiger partial charge in [0.15, 0.2) is 0 Å². The van der Waals surface area contributed by atoms with Crippen molar-refractivity contribution in [2.24, 2.45) is 5.92 Å². The van der Waals surface area contributed by atoms with E-state index in [1.165, 1.54) is 0 Å². The summed E-state index contributed by atoms with van der Waals surface area (Å²) in [4.78, 5) is 27.4. The highest BCUT2D eigenvalue weighted by molar-refractivity contribution is 5.98. The molecule has 122 valence electrons. The Morgan fingerprint density at radius 2 is 2.09 bits per heavy atom. The number of carbonyl (C=O) groups is 2. The van der Waals surface area contributed by atoms with E-state index in [4.69, 9.17) is 9.84 Å². The van der Waals surface area contributed by atoms with E-state index in [0.717, 1.165) is 10.9 Å². The smallest absolute Gasteiger partial charge is 0.303 e. The molecule has 0 fully saturated rings. The van der Waals surface area contributed by atoms with Crippen LogP contribution in [0.1, 0.15) is 29.4 Å². The normalized spacial score (nSPS) is 12.0. The highest BCUT2D eigenvalue weighted by atomic mass is 16.5. The van der Waals surface area contributed by atoms with E-state index in [-0.39, 0.29) is 18.2 Å². The molecule has 2 rings (SSSR count). The number of carbonyl (C=O) groups excluding carboxylic acids is 1. The molecule has 2 N–H and O–H groups in total. The molecule has 1 aromatic carbocycles. The average molecular weight is 316 g/mol. The molecule has 0 aliphatic heterocycles. The van der Waals surface area contributed by atoms with E-state index in [1.807, 2.05) is 18.2 Å². The molecule has 0 aliphatic rings. The summed E-state index contributed by atoms with van der Waals surface area (Å²) in [6.45, 7) is 3.87. The van der Waals surface area contributed by atoms with E-state index in [0.29, 0.717) is 23.6 Å². The number of carboxylic acid groups (broad SMARTS) is 1. The maximum Gasteiger partial charge on any atom is 0.303 e. The molecular weight excluding hydrogens is 296 g/mol. The number of pyridine rings is 1. The van der Waals surface area contributed by atoms with Crippen LogP contribution in [-0.4, -0.2) is 35.6 Å². The molecule has 1 heterocycles. The Morgan fingerprint density at radius 3 is 2.74 bits per heavy atom. The fourth-order valence-corrected chi connectivity index (χ4v) is 2.33. The van der Waals surface area contributed by atoms with Crippen LogP contribution in [-0.2, 0) is 4.79 Å². The first kappa shape index (κ1) is 16.7. The molecule has 0 spiro atoms. The molecule has 6 heteroatoms. The van der Waals surface area contributed by atoms with Crippen LogP contribution in [0.15, 0.2) is 24.3 Å². The van der Waals surface area contributed by atoms with Crippen LogP contribution in [0.2, 0.25) is 0 Å². The Balaban J connectivity index is 2.17. The predicted octanol–water partition coefficient (Wildman–Crippen LogP) is 2.39. The van der Waals surface area contributed by atoms with Crippen molar-refractivity contribution in [3.63, 3.8) is 0 Å². The Kier molecular flexibility index (Phi) is 5.16. The fourth-order valence-electron chi connectivity index (χ4n) is 2.33. The zero-order valence-electron chi connectivity index (χ0n) is 13.4. The fraction of sp³-hybridized carbons (Fsp3) is 0.353. The number of nitrogens with one attached hydrogen (secondary N) is 1. The number of fused-ring (bicyclic) bond motifs is 1. The summed E-state index contributed by atoms with van der Waals surface area (Å²) in [6, 6.07) is 7.27. The van der Waals surface area contributed by atoms with E-state index >= 15 is 0 Å². The van der Waals surface area contributed by atoms with Crippen molar-refractivity contribution in [2.75, 3.05) is 13.7 Å². The second-order valence-corrected chi connectivity index (χ2v) is 5.59. The van der Waals surface area contributed by atoms with Gasteiger partial charge in [-0.05, 0) is 31.0 Å². The van der Waals surface area contributed by atoms with Gasteiger partial charge in [-0.1, -0.05) is 6.92 Å². The summed E-state index contributed by atoms with van der Waals surface area (Å²) in [5, 5.41) is 12.4. The third-order valence-electron chi connectivity index (χ3n) is 3.59. The number of aromatic nitrogens is 1. The van der Waals surface area contributed by atoms with Gasteiger partial charge in [0.1, 0.15) is 5.75 Å². The number of benzene rings is 1. The van der Waals surface area contributed by atoms with Gasteiger partial charge in [-0.25, -0.2) is 0 Å². The number of hydrogen-bond acceptors (Lipinski definition) is 4. The third kappa shape index (κ3) is 4.18. The van der Waals surface area contributed by atoms with E-state index < -0.39 is 5.97 Å². The van der Waals surface area contributed by atoms with Crippen molar-refractivity contribution in [3.8, 4) is 5.75 Å². The zero-order chi connectivity index (χ0) is 17.0. The molecule has 1 unspecified atom stereocenters. The summed E-state index contributed by atoms with van der Waals surface area (Å²) in [5.74, 6) is -0.535. The lowest BCUT2D eigenvalue weighted by molar-refractivity contribution is -0.137. The van der Waals surface area contributed by atoms with Crippen LogP contribution in [0, 0.1) is 12.8 Å². The number of ether oxygens (including phenoxy) is 1. The average Bonchev–Trinajstić information content (AvgIpc) is 2.50. The van der Waals surface area contributed by atoms with Crippen LogP contribution in [0.3, 0.4) is 0 Å². The highest BCUT2D eigenvalue weighted by Gasteiger charge is 2.14. The molecule has 1 atom stereocenters. The van der Waals surface area contributed by atoms with Crippen LogP contribution in [0.5, 0.6) is 5.75 Å². The molecule has 1 amide bonds. The van der Waals surface area contributed by atoms with Crippen molar-refractivity contribution < 1.29 is 19.4 Å². The molecule has 2 aromatic rings. The van der Waals surface area contributed by atoms with Crippen LogP contribution in [0.4, 0.5) is 0 Å². The Hall–Kier alpha value is -2.63. The maximum atomic E-state index is 12.3. The number of aliphatic carboxylic acids is 1. The predicted molar refractivity (Wildman–Crippen MR) is 86.8 cm³/mol. The number of rotatable bonds is 6. The van der Waals surface area contributed by atoms with Crippen LogP contribution >= 0.6 is 0 Å². The summed E-state index contributed by atoms with van der Waals surface area (Å²) >= 11 is 0. The van der Waals surface area contributed by atoms with Gasteiger partial charge in [-0.3, -0.25) is 14.6 Å². The van der Waals surface area contributed by atoms with Gasteiger partial charge in [-0.2, -0.15) is 0 Å². The van der Waals surface area contributed by atoms with Crippen molar-refractivity contribution in [2.45, 2.75) is 20.3 Å². The third-order valence-corrected chi connectivity index (χ3v) is 3.59. The molecule has 6 nitrogen and oxygen atoms in total. The monoisotopic (exact) mass is 316 g/mol. The van der Waals surface area contributed by atoms with Gasteiger partial charge in [0, 0.05) is 24.4 Å². The Morgan fingerprint density at radius 1 is 1.35 bits per heavy atom. The van der Waals surface area contributed by atoms with Gasteiger partial charge < -0.3 is 15.2 Å². The van der Waals surface area contributed by atoms with Crippen LogP contribution < -0.4 is 10.1 Å². The quantitative estimate of drug-likeness (QED) is 0.854. The zero-order valence-corrected chi connectivity index (χ0v) is 13.4. The minimum atomic E-state index is -0.871. The van der Waals surface area contributed by atoms with Gasteiger partial charge in [0.05, 0.1) is 23.9 Å². The van der Waals surface area contributed by atoms with Crippen molar-refractivity contribution >= 4 is 22.8 Å². The van der Waals surface area contributed by atoms with Crippen molar-refractivity contribution in [1.82, 2.24) is 10.3 Å². The van der Waals surface area contributed by atoms with E-state index in [2.05, 4.69) is 10.3 Å². The molecule has 1 aromatic heterocycles. The molecule has 0 radical (unpaired) electrons. The molecule has 0 saturated carbocycles. The number of methoxy groups -OCH3 is 1. The van der Waals surface area contributed by atoms with Crippen molar-refractivity contribution in [3.05, 3.63) is 35.5 Å². The minimum Gasteiger partial charge on any atom is -0.497 e. The summed E-state index contributed by atoms with van der Waals surface area (Å²) < 4.78 is 5.17.